The molecule has 1 amide bonds. The van der Waals surface area contributed by atoms with E-state index in [0.717, 1.165) is 15.1 Å². The molecule has 0 saturated carbocycles. The first-order chi connectivity index (χ1) is 15.3. The summed E-state index contributed by atoms with van der Waals surface area (Å²) in [6, 6.07) is 13.4. The first-order valence-corrected chi connectivity index (χ1v) is 11.3. The van der Waals surface area contributed by atoms with E-state index in [9.17, 15) is 29.9 Å². The molecule has 3 aromatic rings. The summed E-state index contributed by atoms with van der Waals surface area (Å²) < 4.78 is 1.70. The van der Waals surface area contributed by atoms with Gasteiger partial charge in [0.05, 0.1) is 26.9 Å². The quantitative estimate of drug-likeness (QED) is 0.163. The number of para-hydroxylation sites is 1. The van der Waals surface area contributed by atoms with Gasteiger partial charge in [0.2, 0.25) is 5.91 Å². The monoisotopic (exact) mass is 471 g/mol. The fourth-order valence-corrected chi connectivity index (χ4v) is 5.73. The molecular weight excluding hydrogens is 454 g/mol. The summed E-state index contributed by atoms with van der Waals surface area (Å²) in [6.07, 6.45) is 0.382. The van der Waals surface area contributed by atoms with Gasteiger partial charge in [-0.15, -0.1) is 11.3 Å². The summed E-state index contributed by atoms with van der Waals surface area (Å²) in [4.78, 5) is 40.0. The third-order valence-electron chi connectivity index (χ3n) is 4.93. The van der Waals surface area contributed by atoms with Crippen molar-refractivity contribution in [2.24, 2.45) is 0 Å². The smallest absolute Gasteiger partial charge is 0.356 e. The number of aromatic nitrogens is 1. The minimum absolute atomic E-state index is 0.0260. The molecule has 0 aliphatic carbocycles. The number of amides is 1. The number of carboxylic acid groups (broad SMARTS) is 1. The van der Waals surface area contributed by atoms with Crippen LogP contribution in [0.4, 0.5) is 5.69 Å². The maximum absolute atomic E-state index is 12.3. The van der Waals surface area contributed by atoms with Crippen molar-refractivity contribution in [2.45, 2.75) is 29.0 Å². The number of fused-ring (bicyclic) bond motifs is 1. The Kier molecular flexibility index (Phi) is 6.10. The van der Waals surface area contributed by atoms with E-state index >= 15 is 0 Å². The molecule has 2 heterocycles. The third-order valence-corrected chi connectivity index (χ3v) is 7.24. The standard InChI is InChI=1S/C21H17N3O6S2/c25-15(10-7-12-5-8-13(9-6-12)24(29)30)19(20(27)28)23-17(26)11-18(23)32-21-22-14-3-1-2-4-16(14)31-21/h1-6,8-9,18,25H,7,10-11H2,(H,27,28). The van der Waals surface area contributed by atoms with Gasteiger partial charge in [0, 0.05) is 18.6 Å². The third kappa shape index (κ3) is 4.43. The van der Waals surface area contributed by atoms with E-state index in [4.69, 9.17) is 0 Å². The van der Waals surface area contributed by atoms with Crippen molar-refractivity contribution in [3.8, 4) is 0 Å². The molecular formula is C21H17N3O6S2. The van der Waals surface area contributed by atoms with E-state index < -0.39 is 27.7 Å². The lowest BCUT2D eigenvalue weighted by atomic mass is 10.1. The largest absolute Gasteiger partial charge is 0.510 e. The summed E-state index contributed by atoms with van der Waals surface area (Å²) in [7, 11) is 0. The fourth-order valence-electron chi connectivity index (χ4n) is 3.30. The number of nitro benzene ring substituents is 1. The number of carboxylic acids is 1. The molecule has 0 bridgehead atoms. The zero-order valence-corrected chi connectivity index (χ0v) is 18.1. The lowest BCUT2D eigenvalue weighted by Crippen LogP contribution is -2.51. The Balaban J connectivity index is 1.50. The molecule has 2 N–H and O–H groups in total. The summed E-state index contributed by atoms with van der Waals surface area (Å²) in [6.45, 7) is 0. The number of thioether (sulfide) groups is 1. The van der Waals surface area contributed by atoms with Crippen LogP contribution in [-0.2, 0) is 16.0 Å². The number of hydrogen-bond acceptors (Lipinski definition) is 8. The SMILES string of the molecule is O=C(O)C(=C(O)CCc1ccc([N+](=O)[O-])cc1)N1C(=O)CC1Sc1nc2ccccc2s1. The van der Waals surface area contributed by atoms with Crippen LogP contribution in [0.25, 0.3) is 10.2 Å². The van der Waals surface area contributed by atoms with E-state index in [-0.39, 0.29) is 30.9 Å². The van der Waals surface area contributed by atoms with Gasteiger partial charge in [-0.1, -0.05) is 36.0 Å². The normalized spacial score (nSPS) is 16.6. The van der Waals surface area contributed by atoms with E-state index in [0.29, 0.717) is 9.90 Å². The number of carbonyl (C=O) groups is 2. The van der Waals surface area contributed by atoms with Crippen LogP contribution >= 0.6 is 23.1 Å². The maximum atomic E-state index is 12.3. The van der Waals surface area contributed by atoms with Crippen LogP contribution in [0.15, 0.2) is 64.3 Å². The van der Waals surface area contributed by atoms with Crippen molar-refractivity contribution in [2.75, 3.05) is 0 Å². The Morgan fingerprint density at radius 2 is 1.94 bits per heavy atom. The second-order valence-electron chi connectivity index (χ2n) is 7.01. The zero-order valence-electron chi connectivity index (χ0n) is 16.5. The Morgan fingerprint density at radius 1 is 1.22 bits per heavy atom. The van der Waals surface area contributed by atoms with Gasteiger partial charge in [0.15, 0.2) is 10.0 Å². The molecule has 1 aliphatic heterocycles. The number of non-ortho nitro benzene ring substituents is 1. The van der Waals surface area contributed by atoms with E-state index in [1.54, 1.807) is 12.1 Å². The number of nitrogens with zero attached hydrogens (tertiary/aromatic N) is 3. The van der Waals surface area contributed by atoms with Crippen LogP contribution in [0.2, 0.25) is 0 Å². The van der Waals surface area contributed by atoms with Crippen LogP contribution in [-0.4, -0.2) is 42.3 Å². The maximum Gasteiger partial charge on any atom is 0.356 e. The minimum Gasteiger partial charge on any atom is -0.510 e. The number of allylic oxidation sites excluding steroid dienone is 1. The molecule has 0 radical (unpaired) electrons. The zero-order chi connectivity index (χ0) is 22.8. The second-order valence-corrected chi connectivity index (χ2v) is 9.47. The lowest BCUT2D eigenvalue weighted by Gasteiger charge is -2.39. The number of likely N-dealkylation sites (tertiary alicyclic amines) is 1. The molecule has 9 nitrogen and oxygen atoms in total. The number of thiazole rings is 1. The van der Waals surface area contributed by atoms with Crippen molar-refractivity contribution in [1.82, 2.24) is 9.88 Å². The molecule has 1 unspecified atom stereocenters. The number of carbonyl (C=O) groups excluding carboxylic acids is 1. The van der Waals surface area contributed by atoms with Crippen molar-refractivity contribution in [3.05, 3.63) is 75.7 Å². The molecule has 32 heavy (non-hydrogen) atoms. The number of hydrogen-bond donors (Lipinski definition) is 2. The number of nitro groups is 1. The summed E-state index contributed by atoms with van der Waals surface area (Å²) in [5.74, 6) is -2.20. The summed E-state index contributed by atoms with van der Waals surface area (Å²) in [5, 5.41) is 30.5. The highest BCUT2D eigenvalue weighted by Gasteiger charge is 2.43. The Hall–Kier alpha value is -3.44. The number of aliphatic hydroxyl groups excluding tert-OH is 1. The average Bonchev–Trinajstić information content (AvgIpc) is 3.18. The minimum atomic E-state index is -1.39. The molecule has 1 atom stereocenters. The number of benzene rings is 2. The second kappa shape index (κ2) is 8.97. The number of aliphatic carboxylic acids is 1. The van der Waals surface area contributed by atoms with Gasteiger partial charge >= 0.3 is 5.97 Å². The number of aryl methyl sites for hydroxylation is 1. The van der Waals surface area contributed by atoms with Gasteiger partial charge in [0.25, 0.3) is 5.69 Å². The van der Waals surface area contributed by atoms with Crippen molar-refractivity contribution < 1.29 is 24.7 Å². The van der Waals surface area contributed by atoms with Crippen LogP contribution in [0.5, 0.6) is 0 Å². The van der Waals surface area contributed by atoms with Crippen molar-refractivity contribution in [1.29, 1.82) is 0 Å². The fraction of sp³-hybridized carbons (Fsp3) is 0.190. The van der Waals surface area contributed by atoms with Crippen LogP contribution in [0.1, 0.15) is 18.4 Å². The number of rotatable bonds is 8. The van der Waals surface area contributed by atoms with Crippen LogP contribution < -0.4 is 0 Å². The van der Waals surface area contributed by atoms with Gasteiger partial charge in [0.1, 0.15) is 5.76 Å². The average molecular weight is 472 g/mol. The predicted molar refractivity (Wildman–Crippen MR) is 119 cm³/mol. The lowest BCUT2D eigenvalue weighted by molar-refractivity contribution is -0.384. The van der Waals surface area contributed by atoms with E-state index in [2.05, 4.69) is 4.98 Å². The first-order valence-electron chi connectivity index (χ1n) is 9.56. The van der Waals surface area contributed by atoms with Gasteiger partial charge in [-0.05, 0) is 24.1 Å². The molecule has 1 aromatic heterocycles. The molecule has 1 saturated heterocycles. The summed E-state index contributed by atoms with van der Waals surface area (Å²) in [5.41, 5.74) is 1.03. The Labute approximate surface area is 190 Å². The van der Waals surface area contributed by atoms with Crippen LogP contribution in [0, 0.1) is 10.1 Å². The van der Waals surface area contributed by atoms with Gasteiger partial charge in [-0.3, -0.25) is 19.8 Å². The highest BCUT2D eigenvalue weighted by molar-refractivity contribution is 8.01. The number of β-lactam (4-membered cyclic amide) rings is 1. The molecule has 11 heteroatoms. The molecule has 164 valence electrons. The van der Waals surface area contributed by atoms with Gasteiger partial charge in [-0.25, -0.2) is 9.78 Å². The Morgan fingerprint density at radius 3 is 2.56 bits per heavy atom. The summed E-state index contributed by atoms with van der Waals surface area (Å²) >= 11 is 2.75. The topological polar surface area (TPSA) is 134 Å². The molecule has 1 aliphatic rings. The van der Waals surface area contributed by atoms with Gasteiger partial charge in [-0.2, -0.15) is 0 Å². The highest BCUT2D eigenvalue weighted by Crippen LogP contribution is 2.41. The number of aliphatic hydroxyl groups is 1. The molecule has 0 spiro atoms. The van der Waals surface area contributed by atoms with Crippen molar-refractivity contribution >= 4 is 50.9 Å². The van der Waals surface area contributed by atoms with Crippen LogP contribution in [0.3, 0.4) is 0 Å². The molecule has 1 fully saturated rings. The first kappa shape index (κ1) is 21.8. The molecule has 4 rings (SSSR count). The Bertz CT molecular complexity index is 1200. The van der Waals surface area contributed by atoms with Crippen molar-refractivity contribution in [3.63, 3.8) is 0 Å². The molecule has 2 aromatic carbocycles. The van der Waals surface area contributed by atoms with E-state index in [1.807, 2.05) is 24.3 Å². The van der Waals surface area contributed by atoms with E-state index in [1.165, 1.54) is 35.2 Å². The predicted octanol–water partition coefficient (Wildman–Crippen LogP) is 4.34. The van der Waals surface area contributed by atoms with Gasteiger partial charge < -0.3 is 10.2 Å². The highest BCUT2D eigenvalue weighted by atomic mass is 32.2.